The Bertz CT molecular complexity index is 1240. The van der Waals surface area contributed by atoms with E-state index in [1.54, 1.807) is 0 Å². The summed E-state index contributed by atoms with van der Waals surface area (Å²) in [6.07, 6.45) is 31.9. The van der Waals surface area contributed by atoms with Crippen LogP contribution in [0.5, 0.6) is 0 Å². The third-order valence-corrected chi connectivity index (χ3v) is 12.4. The molecule has 1 aliphatic carbocycles. The minimum atomic E-state index is -5.12. The van der Waals surface area contributed by atoms with E-state index in [1.807, 2.05) is 0 Å². The van der Waals surface area contributed by atoms with E-state index in [0.717, 1.165) is 89.9 Å². The van der Waals surface area contributed by atoms with E-state index in [0.29, 0.717) is 12.8 Å². The third-order valence-electron chi connectivity index (χ3n) is 11.5. The van der Waals surface area contributed by atoms with Crippen LogP contribution in [0.2, 0.25) is 0 Å². The van der Waals surface area contributed by atoms with Gasteiger partial charge in [0, 0.05) is 12.8 Å². The van der Waals surface area contributed by atoms with Crippen molar-refractivity contribution in [2.24, 2.45) is 0 Å². The SMILES string of the molecule is CCCCCC/C=C\C/C=C\CCCCCCCCCC(=O)OC(COC(=O)CCCCCCC/C=C\CCCCCCCCC)COP(=O)(O)OC1C(O)C(O)C(O)C(O)C1O. The number of unbranched alkanes of at least 4 members (excludes halogenated alkanes) is 23. The first-order valence-corrected chi connectivity index (χ1v) is 26.3. The Balaban J connectivity index is 2.44. The summed E-state index contributed by atoms with van der Waals surface area (Å²) in [6.45, 7) is 3.28. The van der Waals surface area contributed by atoms with Crippen molar-refractivity contribution in [1.29, 1.82) is 0 Å². The second-order valence-electron chi connectivity index (χ2n) is 17.3. The molecule has 0 saturated heterocycles. The van der Waals surface area contributed by atoms with Crippen molar-refractivity contribution < 1.29 is 63.1 Å². The van der Waals surface area contributed by atoms with Crippen LogP contribution in [0.25, 0.3) is 0 Å². The van der Waals surface area contributed by atoms with Gasteiger partial charge in [0.05, 0.1) is 6.61 Å². The molecule has 1 rings (SSSR count). The Morgan fingerprint density at radius 1 is 0.492 bits per heavy atom. The van der Waals surface area contributed by atoms with Crippen LogP contribution in [0.3, 0.4) is 0 Å². The standard InChI is InChI=1S/C49H89O13P/c1-3-5-7-9-11-13-15-17-19-21-22-24-26-28-30-32-34-36-38-43(51)61-41(40-60-63(57,58)62-49-47(55)45(53)44(52)46(54)48(49)56)39-59-42(50)37-35-33-31-29-27-25-23-20-18-16-14-12-10-8-6-4-2/h13,15,19-21,23,41,44-49,52-56H,3-12,14,16-18,22,24-40H2,1-2H3,(H,57,58)/b15-13-,21-19-,23-20-. The first-order valence-electron chi connectivity index (χ1n) is 24.8. The number of phosphoric ester groups is 1. The number of hydrogen-bond acceptors (Lipinski definition) is 12. The summed E-state index contributed by atoms with van der Waals surface area (Å²) in [6, 6.07) is 0. The van der Waals surface area contributed by atoms with Gasteiger partial charge in [-0.05, 0) is 70.6 Å². The van der Waals surface area contributed by atoms with Gasteiger partial charge in [-0.25, -0.2) is 4.57 Å². The number of esters is 2. The number of hydrogen-bond donors (Lipinski definition) is 6. The summed E-state index contributed by atoms with van der Waals surface area (Å²) in [5.41, 5.74) is 0. The number of phosphoric acid groups is 1. The lowest BCUT2D eigenvalue weighted by atomic mass is 9.85. The molecule has 368 valence electrons. The van der Waals surface area contributed by atoms with Gasteiger partial charge in [0.1, 0.15) is 43.2 Å². The summed E-state index contributed by atoms with van der Waals surface area (Å²) in [4.78, 5) is 35.8. The van der Waals surface area contributed by atoms with Crippen LogP contribution in [-0.4, -0.2) is 98.3 Å². The number of aliphatic hydroxyl groups is 5. The molecule has 0 spiro atoms. The van der Waals surface area contributed by atoms with Crippen molar-refractivity contribution in [1.82, 2.24) is 0 Å². The fourth-order valence-electron chi connectivity index (χ4n) is 7.43. The number of ether oxygens (including phenoxy) is 2. The van der Waals surface area contributed by atoms with Crippen LogP contribution < -0.4 is 0 Å². The first-order chi connectivity index (χ1) is 30.4. The van der Waals surface area contributed by atoms with Crippen LogP contribution in [0, 0.1) is 0 Å². The number of carbonyl (C=O) groups is 2. The van der Waals surface area contributed by atoms with Gasteiger partial charge < -0.3 is 39.9 Å². The lowest BCUT2D eigenvalue weighted by Gasteiger charge is -2.41. The predicted molar refractivity (Wildman–Crippen MR) is 249 cm³/mol. The van der Waals surface area contributed by atoms with E-state index in [-0.39, 0.29) is 12.8 Å². The number of allylic oxidation sites excluding steroid dienone is 6. The number of carbonyl (C=O) groups excluding carboxylic acids is 2. The lowest BCUT2D eigenvalue weighted by molar-refractivity contribution is -0.220. The normalized spacial score (nSPS) is 22.0. The van der Waals surface area contributed by atoms with Crippen molar-refractivity contribution in [2.75, 3.05) is 13.2 Å². The Morgan fingerprint density at radius 3 is 1.32 bits per heavy atom. The molecule has 1 aliphatic rings. The van der Waals surface area contributed by atoms with Crippen LogP contribution >= 0.6 is 7.82 Å². The molecule has 0 amide bonds. The van der Waals surface area contributed by atoms with Crippen LogP contribution in [0.1, 0.15) is 206 Å². The average molecular weight is 917 g/mol. The smallest absolute Gasteiger partial charge is 0.462 e. The van der Waals surface area contributed by atoms with Crippen LogP contribution in [0.4, 0.5) is 0 Å². The summed E-state index contributed by atoms with van der Waals surface area (Å²) >= 11 is 0. The molecule has 0 aromatic rings. The van der Waals surface area contributed by atoms with Crippen molar-refractivity contribution in [2.45, 2.75) is 249 Å². The molecule has 6 N–H and O–H groups in total. The number of rotatable bonds is 41. The van der Waals surface area contributed by atoms with Gasteiger partial charge in [-0.2, -0.15) is 0 Å². The monoisotopic (exact) mass is 917 g/mol. The Hall–Kier alpha value is -1.93. The maximum absolute atomic E-state index is 12.8. The van der Waals surface area contributed by atoms with Gasteiger partial charge in [-0.15, -0.1) is 0 Å². The Labute approximate surface area is 380 Å². The number of aliphatic hydroxyl groups excluding tert-OH is 5. The van der Waals surface area contributed by atoms with E-state index in [9.17, 15) is 44.6 Å². The maximum Gasteiger partial charge on any atom is 0.472 e. The molecule has 0 radical (unpaired) electrons. The van der Waals surface area contributed by atoms with Crippen LogP contribution in [0.15, 0.2) is 36.5 Å². The quantitative estimate of drug-likeness (QED) is 0.0146. The maximum atomic E-state index is 12.8. The van der Waals surface area contributed by atoms with Gasteiger partial charge in [0.15, 0.2) is 6.10 Å². The van der Waals surface area contributed by atoms with Gasteiger partial charge >= 0.3 is 19.8 Å². The molecule has 0 aliphatic heterocycles. The predicted octanol–water partition coefficient (Wildman–Crippen LogP) is 10.2. The molecule has 13 nitrogen and oxygen atoms in total. The van der Waals surface area contributed by atoms with Gasteiger partial charge in [-0.3, -0.25) is 18.6 Å². The molecular formula is C49H89O13P. The summed E-state index contributed by atoms with van der Waals surface area (Å²) < 4.78 is 33.6. The Kier molecular flexibility index (Phi) is 36.8. The molecule has 0 aromatic heterocycles. The molecule has 63 heavy (non-hydrogen) atoms. The molecule has 1 fully saturated rings. The van der Waals surface area contributed by atoms with Crippen molar-refractivity contribution >= 4 is 19.8 Å². The molecule has 14 heteroatoms. The molecule has 6 unspecified atom stereocenters. The highest BCUT2D eigenvalue weighted by Gasteiger charge is 2.51. The zero-order valence-electron chi connectivity index (χ0n) is 39.1. The van der Waals surface area contributed by atoms with Crippen molar-refractivity contribution in [3.05, 3.63) is 36.5 Å². The van der Waals surface area contributed by atoms with Gasteiger partial charge in [0.25, 0.3) is 0 Å². The highest BCUT2D eigenvalue weighted by molar-refractivity contribution is 7.47. The second kappa shape index (κ2) is 39.3. The van der Waals surface area contributed by atoms with Gasteiger partial charge in [-0.1, -0.05) is 159 Å². The molecule has 1 saturated carbocycles. The molecule has 0 bridgehead atoms. The highest BCUT2D eigenvalue weighted by Crippen LogP contribution is 2.47. The fraction of sp³-hybridized carbons (Fsp3) is 0.837. The minimum absolute atomic E-state index is 0.0866. The zero-order valence-corrected chi connectivity index (χ0v) is 40.0. The summed E-state index contributed by atoms with van der Waals surface area (Å²) in [5.74, 6) is -1.11. The second-order valence-corrected chi connectivity index (χ2v) is 18.7. The molecule has 0 heterocycles. The lowest BCUT2D eigenvalue weighted by Crippen LogP contribution is -2.64. The average Bonchev–Trinajstić information content (AvgIpc) is 3.26. The molecule has 0 aromatic carbocycles. The summed E-state index contributed by atoms with van der Waals surface area (Å²) in [5, 5.41) is 50.2. The van der Waals surface area contributed by atoms with E-state index in [2.05, 4.69) is 50.3 Å². The van der Waals surface area contributed by atoms with Crippen LogP contribution in [-0.2, 0) is 32.7 Å². The van der Waals surface area contributed by atoms with Crippen molar-refractivity contribution in [3.8, 4) is 0 Å². The highest BCUT2D eigenvalue weighted by atomic mass is 31.2. The largest absolute Gasteiger partial charge is 0.472 e. The van der Waals surface area contributed by atoms with Gasteiger partial charge in [0.2, 0.25) is 0 Å². The van der Waals surface area contributed by atoms with E-state index in [1.165, 1.54) is 77.0 Å². The summed E-state index contributed by atoms with van der Waals surface area (Å²) in [7, 11) is -5.12. The van der Waals surface area contributed by atoms with Crippen molar-refractivity contribution in [3.63, 3.8) is 0 Å². The first kappa shape index (κ1) is 59.1. The molecular weight excluding hydrogens is 828 g/mol. The minimum Gasteiger partial charge on any atom is -0.462 e. The van der Waals surface area contributed by atoms with E-state index < -0.39 is 75.7 Å². The Morgan fingerprint density at radius 2 is 0.857 bits per heavy atom. The fourth-order valence-corrected chi connectivity index (χ4v) is 8.40. The topological polar surface area (TPSA) is 210 Å². The van der Waals surface area contributed by atoms with E-state index >= 15 is 0 Å². The third kappa shape index (κ3) is 31.6. The zero-order chi connectivity index (χ0) is 46.4. The molecule has 6 atom stereocenters. The van der Waals surface area contributed by atoms with E-state index in [4.69, 9.17) is 18.5 Å².